The second kappa shape index (κ2) is 5.67. The molecule has 5 heteroatoms. The van der Waals surface area contributed by atoms with Crippen LogP contribution in [0.1, 0.15) is 23.7 Å². The lowest BCUT2D eigenvalue weighted by molar-refractivity contribution is 0.0746. The summed E-state index contributed by atoms with van der Waals surface area (Å²) < 4.78 is 5.15. The third-order valence-electron chi connectivity index (χ3n) is 4.06. The van der Waals surface area contributed by atoms with Gasteiger partial charge in [-0.3, -0.25) is 9.59 Å². The van der Waals surface area contributed by atoms with Crippen molar-refractivity contribution in [1.29, 1.82) is 0 Å². The third-order valence-corrected chi connectivity index (χ3v) is 4.06. The van der Waals surface area contributed by atoms with Crippen molar-refractivity contribution < 1.29 is 9.53 Å². The summed E-state index contributed by atoms with van der Waals surface area (Å²) in [7, 11) is 1.55. The van der Waals surface area contributed by atoms with Gasteiger partial charge < -0.3 is 14.6 Å². The molecule has 1 amide bonds. The lowest BCUT2D eigenvalue weighted by Crippen LogP contribution is -2.38. The molecule has 1 N–H and O–H groups in total. The number of carbonyl (C=O) groups excluding carboxylic acids is 1. The number of fused-ring (bicyclic) bond motifs is 1. The maximum atomic E-state index is 12.7. The van der Waals surface area contributed by atoms with Crippen molar-refractivity contribution in [3.05, 3.63) is 52.3 Å². The Morgan fingerprint density at radius 1 is 1.45 bits per heavy atom. The molecule has 1 atom stereocenters. The van der Waals surface area contributed by atoms with E-state index in [1.54, 1.807) is 30.2 Å². The summed E-state index contributed by atoms with van der Waals surface area (Å²) in [5.41, 5.74) is 0.594. The highest BCUT2D eigenvalue weighted by molar-refractivity contribution is 5.97. The van der Waals surface area contributed by atoms with Crippen LogP contribution in [0.4, 0.5) is 0 Å². The van der Waals surface area contributed by atoms with Crippen LogP contribution < -0.4 is 10.2 Å². The molecule has 3 rings (SSSR count). The van der Waals surface area contributed by atoms with E-state index in [0.29, 0.717) is 23.2 Å². The zero-order chi connectivity index (χ0) is 15.7. The van der Waals surface area contributed by atoms with Crippen LogP contribution in [-0.2, 0) is 0 Å². The molecule has 2 aromatic rings. The second-order valence-electron chi connectivity index (χ2n) is 5.30. The van der Waals surface area contributed by atoms with E-state index in [0.717, 1.165) is 6.42 Å². The molecule has 1 unspecified atom stereocenters. The fourth-order valence-electron chi connectivity index (χ4n) is 2.80. The van der Waals surface area contributed by atoms with Crippen molar-refractivity contribution in [1.82, 2.24) is 9.88 Å². The Morgan fingerprint density at radius 2 is 2.27 bits per heavy atom. The van der Waals surface area contributed by atoms with Crippen LogP contribution in [0, 0.1) is 0 Å². The Morgan fingerprint density at radius 3 is 3.00 bits per heavy atom. The number of benzene rings is 1. The van der Waals surface area contributed by atoms with E-state index in [-0.39, 0.29) is 22.9 Å². The predicted octanol–water partition coefficient (Wildman–Crippen LogP) is 2.33. The van der Waals surface area contributed by atoms with Gasteiger partial charge in [0.1, 0.15) is 11.3 Å². The quantitative estimate of drug-likeness (QED) is 0.885. The van der Waals surface area contributed by atoms with Gasteiger partial charge in [-0.15, -0.1) is 0 Å². The molecule has 1 aliphatic heterocycles. The van der Waals surface area contributed by atoms with Crippen LogP contribution >= 0.6 is 0 Å². The number of ether oxygens (including phenoxy) is 1. The molecule has 0 saturated carbocycles. The molecule has 1 aromatic carbocycles. The fraction of sp³-hybridized carbons (Fsp3) is 0.294. The number of rotatable bonds is 3. The molecular weight excluding hydrogens is 280 g/mol. The molecule has 0 saturated heterocycles. The molecule has 5 nitrogen and oxygen atoms in total. The predicted molar refractivity (Wildman–Crippen MR) is 85.4 cm³/mol. The van der Waals surface area contributed by atoms with Crippen LogP contribution in [0.5, 0.6) is 5.75 Å². The van der Waals surface area contributed by atoms with Crippen molar-refractivity contribution in [3.8, 4) is 5.75 Å². The van der Waals surface area contributed by atoms with Crippen LogP contribution in [-0.4, -0.2) is 35.5 Å². The molecule has 0 radical (unpaired) electrons. The minimum Gasteiger partial charge on any atom is -0.497 e. The van der Waals surface area contributed by atoms with E-state index < -0.39 is 0 Å². The van der Waals surface area contributed by atoms with Gasteiger partial charge in [0.25, 0.3) is 5.91 Å². The van der Waals surface area contributed by atoms with Gasteiger partial charge in [-0.05, 0) is 24.6 Å². The number of hydrogen-bond donors (Lipinski definition) is 1. The average molecular weight is 298 g/mol. The van der Waals surface area contributed by atoms with Crippen molar-refractivity contribution in [3.63, 3.8) is 0 Å². The lowest BCUT2D eigenvalue weighted by atomic mass is 10.1. The number of methoxy groups -OCH3 is 1. The van der Waals surface area contributed by atoms with E-state index in [1.807, 2.05) is 19.1 Å². The number of pyridine rings is 1. The Labute approximate surface area is 128 Å². The zero-order valence-corrected chi connectivity index (χ0v) is 12.6. The van der Waals surface area contributed by atoms with E-state index in [9.17, 15) is 9.59 Å². The molecule has 0 bridgehead atoms. The highest BCUT2D eigenvalue weighted by atomic mass is 16.5. The summed E-state index contributed by atoms with van der Waals surface area (Å²) in [4.78, 5) is 30.1. The summed E-state index contributed by atoms with van der Waals surface area (Å²) in [6.07, 6.45) is 6.31. The summed E-state index contributed by atoms with van der Waals surface area (Å²) in [6, 6.07) is 5.27. The van der Waals surface area contributed by atoms with Crippen LogP contribution in [0.25, 0.3) is 10.9 Å². The first kappa shape index (κ1) is 14.4. The Balaban J connectivity index is 2.06. The topological polar surface area (TPSA) is 62.4 Å². The molecule has 0 fully saturated rings. The van der Waals surface area contributed by atoms with Crippen LogP contribution in [0.15, 0.2) is 41.3 Å². The van der Waals surface area contributed by atoms with Gasteiger partial charge in [0.15, 0.2) is 0 Å². The monoisotopic (exact) mass is 298 g/mol. The maximum absolute atomic E-state index is 12.7. The Bertz CT molecular complexity index is 807. The largest absolute Gasteiger partial charge is 0.497 e. The minimum atomic E-state index is -0.264. The van der Waals surface area contributed by atoms with Gasteiger partial charge in [0, 0.05) is 23.6 Å². The summed E-state index contributed by atoms with van der Waals surface area (Å²) in [6.45, 7) is 2.57. The standard InChI is InChI=1S/C17H18N2O3/c1-3-11-5-4-8-19(11)17(21)14-10-18-15-7-6-12(22-2)9-13(15)16(14)20/h4-7,9-11H,3,8H2,1-2H3,(H,18,20). The summed E-state index contributed by atoms with van der Waals surface area (Å²) in [5, 5.41) is 0.463. The molecule has 114 valence electrons. The third kappa shape index (κ3) is 2.28. The first-order valence-electron chi connectivity index (χ1n) is 7.32. The number of nitrogens with one attached hydrogen (secondary N) is 1. The Kier molecular flexibility index (Phi) is 3.71. The van der Waals surface area contributed by atoms with Crippen molar-refractivity contribution >= 4 is 16.8 Å². The van der Waals surface area contributed by atoms with Gasteiger partial charge in [0.2, 0.25) is 5.43 Å². The van der Waals surface area contributed by atoms with Crippen molar-refractivity contribution in [2.24, 2.45) is 0 Å². The van der Waals surface area contributed by atoms with Crippen LogP contribution in [0.3, 0.4) is 0 Å². The molecule has 0 spiro atoms. The van der Waals surface area contributed by atoms with E-state index in [4.69, 9.17) is 4.74 Å². The number of hydrogen-bond acceptors (Lipinski definition) is 3. The molecule has 0 aliphatic carbocycles. The van der Waals surface area contributed by atoms with Gasteiger partial charge in [-0.1, -0.05) is 19.1 Å². The maximum Gasteiger partial charge on any atom is 0.260 e. The first-order chi connectivity index (χ1) is 10.7. The molecular formula is C17H18N2O3. The smallest absolute Gasteiger partial charge is 0.260 e. The number of aromatic amines is 1. The van der Waals surface area contributed by atoms with E-state index in [2.05, 4.69) is 4.98 Å². The summed E-state index contributed by atoms with van der Waals surface area (Å²) in [5.74, 6) is 0.361. The van der Waals surface area contributed by atoms with Gasteiger partial charge in [-0.2, -0.15) is 0 Å². The van der Waals surface area contributed by atoms with E-state index in [1.165, 1.54) is 6.20 Å². The van der Waals surface area contributed by atoms with Gasteiger partial charge in [-0.25, -0.2) is 0 Å². The molecule has 1 aromatic heterocycles. The van der Waals surface area contributed by atoms with Gasteiger partial charge in [0.05, 0.1) is 13.2 Å². The lowest BCUT2D eigenvalue weighted by Gasteiger charge is -2.23. The van der Waals surface area contributed by atoms with Crippen molar-refractivity contribution in [2.45, 2.75) is 19.4 Å². The van der Waals surface area contributed by atoms with Crippen molar-refractivity contribution in [2.75, 3.05) is 13.7 Å². The number of H-pyrrole nitrogens is 1. The second-order valence-corrected chi connectivity index (χ2v) is 5.30. The number of aromatic nitrogens is 1. The van der Waals surface area contributed by atoms with Crippen LogP contribution in [0.2, 0.25) is 0 Å². The SMILES string of the molecule is CCC1C=CCN1C(=O)c1c[nH]c2ccc(OC)cc2c1=O. The number of nitrogens with zero attached hydrogens (tertiary/aromatic N) is 1. The Hall–Kier alpha value is -2.56. The molecule has 22 heavy (non-hydrogen) atoms. The number of carbonyl (C=O) groups is 1. The fourth-order valence-corrected chi connectivity index (χ4v) is 2.80. The highest BCUT2D eigenvalue weighted by Gasteiger charge is 2.26. The zero-order valence-electron chi connectivity index (χ0n) is 12.6. The summed E-state index contributed by atoms with van der Waals surface area (Å²) >= 11 is 0. The first-order valence-corrected chi connectivity index (χ1v) is 7.32. The molecule has 1 aliphatic rings. The minimum absolute atomic E-state index is 0.0629. The number of amides is 1. The molecule has 2 heterocycles. The normalized spacial score (nSPS) is 17.2. The highest BCUT2D eigenvalue weighted by Crippen LogP contribution is 2.19. The average Bonchev–Trinajstić information content (AvgIpc) is 3.03. The van der Waals surface area contributed by atoms with E-state index >= 15 is 0 Å². The van der Waals surface area contributed by atoms with Gasteiger partial charge >= 0.3 is 0 Å².